The largest absolute Gasteiger partial charge is 0.242 e. The van der Waals surface area contributed by atoms with Gasteiger partial charge in [-0.3, -0.25) is 0 Å². The molecule has 17 heavy (non-hydrogen) atoms. The van der Waals surface area contributed by atoms with E-state index in [9.17, 15) is 0 Å². The van der Waals surface area contributed by atoms with E-state index in [1.807, 2.05) is 0 Å². The molecule has 0 unspecified atom stereocenters. The maximum atomic E-state index is 4.61. The van der Waals surface area contributed by atoms with E-state index in [1.165, 1.54) is 23.8 Å². The van der Waals surface area contributed by atoms with Gasteiger partial charge in [-0.15, -0.1) is 11.8 Å². The molecule has 1 aromatic heterocycles. The van der Waals surface area contributed by atoms with Crippen LogP contribution in [0.1, 0.15) is 38.2 Å². The lowest BCUT2D eigenvalue weighted by atomic mass is 9.93. The Morgan fingerprint density at radius 2 is 1.88 bits per heavy atom. The highest BCUT2D eigenvalue weighted by atomic mass is 32.2. The Hall–Kier alpha value is -1.02. The number of nitrogens with zero attached hydrogens (tertiary/aromatic N) is 1. The molecule has 0 N–H and O–H groups in total. The third kappa shape index (κ3) is 2.63. The zero-order chi connectivity index (χ0) is 12.3. The number of fused-ring (bicyclic) bond motifs is 1. The molecule has 0 amide bonds. The van der Waals surface area contributed by atoms with Crippen LogP contribution in [0, 0.1) is 0 Å². The van der Waals surface area contributed by atoms with Crippen molar-refractivity contribution in [2.24, 2.45) is 0 Å². The van der Waals surface area contributed by atoms with Crippen LogP contribution in [0.3, 0.4) is 0 Å². The lowest BCUT2D eigenvalue weighted by molar-refractivity contribution is 0.642. The van der Waals surface area contributed by atoms with Crippen LogP contribution in [-0.2, 0) is 0 Å². The van der Waals surface area contributed by atoms with Crippen molar-refractivity contribution in [3.05, 3.63) is 35.9 Å². The summed E-state index contributed by atoms with van der Waals surface area (Å²) in [6.45, 7) is 4.51. The van der Waals surface area contributed by atoms with Crippen LogP contribution in [0.4, 0.5) is 0 Å². The zero-order valence-corrected chi connectivity index (χ0v) is 11.6. The average molecular weight is 245 g/mol. The zero-order valence-electron chi connectivity index (χ0n) is 10.7. The molecule has 0 radical (unpaired) electrons. The monoisotopic (exact) mass is 245 g/mol. The Balaban J connectivity index is 2.44. The first-order valence-electron chi connectivity index (χ1n) is 6.23. The number of hydrogen-bond donors (Lipinski definition) is 0. The van der Waals surface area contributed by atoms with Gasteiger partial charge in [0, 0.05) is 5.39 Å². The van der Waals surface area contributed by atoms with Crippen LogP contribution in [0.2, 0.25) is 0 Å². The van der Waals surface area contributed by atoms with Gasteiger partial charge in [-0.2, -0.15) is 0 Å². The smallest absolute Gasteiger partial charge is 0.0964 e. The van der Waals surface area contributed by atoms with Crippen molar-refractivity contribution in [2.45, 2.75) is 37.6 Å². The van der Waals surface area contributed by atoms with Gasteiger partial charge in [-0.05, 0) is 48.8 Å². The van der Waals surface area contributed by atoms with Crippen LogP contribution in [0.15, 0.2) is 35.4 Å². The molecule has 0 aliphatic heterocycles. The molecule has 0 spiro atoms. The van der Waals surface area contributed by atoms with Crippen LogP contribution >= 0.6 is 11.8 Å². The normalized spacial score (nSPS) is 11.3. The topological polar surface area (TPSA) is 12.9 Å². The third-order valence-electron chi connectivity index (χ3n) is 3.35. The lowest BCUT2D eigenvalue weighted by Crippen LogP contribution is -1.95. The van der Waals surface area contributed by atoms with Crippen molar-refractivity contribution in [1.82, 2.24) is 4.98 Å². The number of aromatic nitrogens is 1. The maximum Gasteiger partial charge on any atom is 0.0964 e. The van der Waals surface area contributed by atoms with Crippen LogP contribution in [0.5, 0.6) is 0 Å². The summed E-state index contributed by atoms with van der Waals surface area (Å²) in [5.41, 5.74) is 2.55. The van der Waals surface area contributed by atoms with E-state index in [1.54, 1.807) is 11.8 Å². The summed E-state index contributed by atoms with van der Waals surface area (Å²) in [6, 6.07) is 11.0. The van der Waals surface area contributed by atoms with Gasteiger partial charge in [-0.25, -0.2) is 4.98 Å². The number of hydrogen-bond acceptors (Lipinski definition) is 2. The second kappa shape index (κ2) is 5.54. The highest BCUT2D eigenvalue weighted by Gasteiger charge is 2.07. The van der Waals surface area contributed by atoms with E-state index in [-0.39, 0.29) is 0 Å². The van der Waals surface area contributed by atoms with E-state index < -0.39 is 0 Å². The SMILES string of the molecule is CCC(CC)c1ccc2nc(SC)ccc2c1. The van der Waals surface area contributed by atoms with E-state index in [0.717, 1.165) is 10.5 Å². The van der Waals surface area contributed by atoms with Gasteiger partial charge in [0.2, 0.25) is 0 Å². The molecule has 1 aromatic carbocycles. The molecule has 0 atom stereocenters. The quantitative estimate of drug-likeness (QED) is 0.713. The Morgan fingerprint density at radius 3 is 2.53 bits per heavy atom. The molecule has 1 heterocycles. The number of pyridine rings is 1. The van der Waals surface area contributed by atoms with Gasteiger partial charge in [-0.1, -0.05) is 26.0 Å². The molecule has 2 aromatic rings. The summed E-state index contributed by atoms with van der Waals surface area (Å²) in [7, 11) is 0. The van der Waals surface area contributed by atoms with Crippen LogP contribution in [0.25, 0.3) is 10.9 Å². The Kier molecular flexibility index (Phi) is 4.06. The minimum Gasteiger partial charge on any atom is -0.242 e. The molecular weight excluding hydrogens is 226 g/mol. The van der Waals surface area contributed by atoms with Gasteiger partial charge in [0.05, 0.1) is 10.5 Å². The highest BCUT2D eigenvalue weighted by molar-refractivity contribution is 7.98. The third-order valence-corrected chi connectivity index (χ3v) is 4.00. The molecule has 0 aliphatic carbocycles. The molecular formula is C15H19NS. The number of thioether (sulfide) groups is 1. The standard InChI is InChI=1S/C15H19NS/c1-4-11(5-2)12-6-8-14-13(10-12)7-9-15(16-14)17-3/h6-11H,4-5H2,1-3H3. The second-order valence-electron chi connectivity index (χ2n) is 4.32. The maximum absolute atomic E-state index is 4.61. The summed E-state index contributed by atoms with van der Waals surface area (Å²) in [4.78, 5) is 4.61. The van der Waals surface area contributed by atoms with E-state index in [4.69, 9.17) is 0 Å². The average Bonchev–Trinajstić information content (AvgIpc) is 2.39. The molecule has 0 saturated heterocycles. The molecule has 90 valence electrons. The first kappa shape index (κ1) is 12.4. The second-order valence-corrected chi connectivity index (χ2v) is 5.15. The Labute approximate surface area is 108 Å². The first-order valence-corrected chi connectivity index (χ1v) is 7.45. The number of rotatable bonds is 4. The Morgan fingerprint density at radius 1 is 1.12 bits per heavy atom. The molecule has 0 fully saturated rings. The molecule has 2 rings (SSSR count). The minimum atomic E-state index is 0.680. The van der Waals surface area contributed by atoms with Crippen molar-refractivity contribution in [3.8, 4) is 0 Å². The minimum absolute atomic E-state index is 0.680. The fourth-order valence-corrected chi connectivity index (χ4v) is 2.65. The molecule has 0 saturated carbocycles. The van der Waals surface area contributed by atoms with Gasteiger partial charge < -0.3 is 0 Å². The van der Waals surface area contributed by atoms with Crippen LogP contribution in [-0.4, -0.2) is 11.2 Å². The summed E-state index contributed by atoms with van der Waals surface area (Å²) in [5, 5.41) is 2.35. The summed E-state index contributed by atoms with van der Waals surface area (Å²) < 4.78 is 0. The molecule has 2 heteroatoms. The summed E-state index contributed by atoms with van der Waals surface area (Å²) in [6.07, 6.45) is 4.48. The van der Waals surface area contributed by atoms with Crippen molar-refractivity contribution in [3.63, 3.8) is 0 Å². The van der Waals surface area contributed by atoms with Crippen molar-refractivity contribution in [2.75, 3.05) is 6.26 Å². The molecule has 0 bridgehead atoms. The predicted molar refractivity (Wildman–Crippen MR) is 76.8 cm³/mol. The molecule has 1 nitrogen and oxygen atoms in total. The summed E-state index contributed by atoms with van der Waals surface area (Å²) >= 11 is 1.69. The van der Waals surface area contributed by atoms with Crippen molar-refractivity contribution in [1.29, 1.82) is 0 Å². The fourth-order valence-electron chi connectivity index (χ4n) is 2.25. The van der Waals surface area contributed by atoms with Crippen molar-refractivity contribution >= 4 is 22.7 Å². The van der Waals surface area contributed by atoms with E-state index >= 15 is 0 Å². The van der Waals surface area contributed by atoms with Gasteiger partial charge >= 0.3 is 0 Å². The van der Waals surface area contributed by atoms with Gasteiger partial charge in [0.1, 0.15) is 0 Å². The van der Waals surface area contributed by atoms with E-state index in [2.05, 4.69) is 55.4 Å². The summed E-state index contributed by atoms with van der Waals surface area (Å²) in [5.74, 6) is 0.680. The lowest BCUT2D eigenvalue weighted by Gasteiger charge is -2.13. The van der Waals surface area contributed by atoms with Gasteiger partial charge in [0.25, 0.3) is 0 Å². The predicted octanol–water partition coefficient (Wildman–Crippen LogP) is 4.86. The van der Waals surface area contributed by atoms with E-state index in [0.29, 0.717) is 5.92 Å². The Bertz CT molecular complexity index is 503. The number of benzene rings is 1. The van der Waals surface area contributed by atoms with Crippen LogP contribution < -0.4 is 0 Å². The first-order chi connectivity index (χ1) is 8.28. The van der Waals surface area contributed by atoms with Crippen molar-refractivity contribution < 1.29 is 0 Å². The highest BCUT2D eigenvalue weighted by Crippen LogP contribution is 2.26. The fraction of sp³-hybridized carbons (Fsp3) is 0.400. The molecule has 0 aliphatic rings. The van der Waals surface area contributed by atoms with Gasteiger partial charge in [0.15, 0.2) is 0 Å².